The second kappa shape index (κ2) is 8.12. The summed E-state index contributed by atoms with van der Waals surface area (Å²) in [6.07, 6.45) is 1.66. The number of pyridine rings is 1. The number of thiazole rings is 1. The van der Waals surface area contributed by atoms with Crippen molar-refractivity contribution >= 4 is 39.2 Å². The summed E-state index contributed by atoms with van der Waals surface area (Å²) in [7, 11) is 1.57. The molecular formula is C17H17N3O2S2. The van der Waals surface area contributed by atoms with Crippen molar-refractivity contribution in [2.45, 2.75) is 12.3 Å². The molecule has 1 aromatic carbocycles. The van der Waals surface area contributed by atoms with Gasteiger partial charge in [0.05, 0.1) is 23.1 Å². The molecule has 7 heteroatoms. The van der Waals surface area contributed by atoms with E-state index in [-0.39, 0.29) is 5.91 Å². The van der Waals surface area contributed by atoms with Crippen LogP contribution in [-0.2, 0) is 17.1 Å². The third-order valence-electron chi connectivity index (χ3n) is 3.32. The Balaban J connectivity index is 1.45. The van der Waals surface area contributed by atoms with Gasteiger partial charge in [-0.05, 0) is 18.2 Å². The molecule has 0 fully saturated rings. The molecule has 0 unspecified atom stereocenters. The summed E-state index contributed by atoms with van der Waals surface area (Å²) in [4.78, 5) is 20.6. The molecule has 0 saturated carbocycles. The van der Waals surface area contributed by atoms with E-state index in [2.05, 4.69) is 21.4 Å². The number of fused-ring (bicyclic) bond motifs is 1. The van der Waals surface area contributed by atoms with Crippen LogP contribution in [0.15, 0.2) is 42.6 Å². The summed E-state index contributed by atoms with van der Waals surface area (Å²) in [6.45, 7) is 0.414. The van der Waals surface area contributed by atoms with Crippen LogP contribution in [0.2, 0.25) is 0 Å². The van der Waals surface area contributed by atoms with Crippen LogP contribution in [0.5, 0.6) is 5.88 Å². The van der Waals surface area contributed by atoms with Crippen LogP contribution in [0.1, 0.15) is 10.6 Å². The van der Waals surface area contributed by atoms with Crippen LogP contribution < -0.4 is 10.1 Å². The van der Waals surface area contributed by atoms with Gasteiger partial charge in [0.2, 0.25) is 11.8 Å². The van der Waals surface area contributed by atoms with Crippen molar-refractivity contribution in [3.8, 4) is 5.88 Å². The second-order valence-electron chi connectivity index (χ2n) is 5.02. The molecule has 2 aromatic heterocycles. The first-order valence-corrected chi connectivity index (χ1v) is 9.40. The van der Waals surface area contributed by atoms with Gasteiger partial charge in [0.15, 0.2) is 0 Å². The third-order valence-corrected chi connectivity index (χ3v) is 5.48. The number of hydrogen-bond donors (Lipinski definition) is 1. The average molecular weight is 359 g/mol. The molecule has 0 spiro atoms. The molecule has 0 aliphatic heterocycles. The lowest BCUT2D eigenvalue weighted by Crippen LogP contribution is -2.25. The van der Waals surface area contributed by atoms with Crippen molar-refractivity contribution in [2.75, 3.05) is 12.9 Å². The van der Waals surface area contributed by atoms with Crippen LogP contribution in [0.25, 0.3) is 10.2 Å². The lowest BCUT2D eigenvalue weighted by Gasteiger charge is -2.08. The normalized spacial score (nSPS) is 10.7. The summed E-state index contributed by atoms with van der Waals surface area (Å²) in [5, 5.41) is 3.93. The SMILES string of the molecule is COc1ncccc1CNC(=O)CSCc1nc2ccccc2s1. The topological polar surface area (TPSA) is 64.1 Å². The van der Waals surface area contributed by atoms with E-state index in [1.807, 2.05) is 30.3 Å². The van der Waals surface area contributed by atoms with Crippen molar-refractivity contribution in [1.29, 1.82) is 0 Å². The number of benzene rings is 1. The predicted molar refractivity (Wildman–Crippen MR) is 98.4 cm³/mol. The average Bonchev–Trinajstić information content (AvgIpc) is 3.03. The van der Waals surface area contributed by atoms with Crippen LogP contribution in [0.4, 0.5) is 0 Å². The van der Waals surface area contributed by atoms with E-state index in [1.165, 1.54) is 4.70 Å². The fourth-order valence-electron chi connectivity index (χ4n) is 2.20. The van der Waals surface area contributed by atoms with E-state index in [0.29, 0.717) is 18.2 Å². The lowest BCUT2D eigenvalue weighted by atomic mass is 10.2. The van der Waals surface area contributed by atoms with Gasteiger partial charge in [-0.3, -0.25) is 4.79 Å². The Bertz CT molecular complexity index is 802. The highest BCUT2D eigenvalue weighted by Gasteiger charge is 2.08. The molecular weight excluding hydrogens is 342 g/mol. The number of hydrogen-bond acceptors (Lipinski definition) is 6. The monoisotopic (exact) mass is 359 g/mol. The molecule has 0 saturated heterocycles. The molecule has 3 aromatic rings. The van der Waals surface area contributed by atoms with Gasteiger partial charge >= 0.3 is 0 Å². The van der Waals surface area contributed by atoms with Crippen LogP contribution in [0.3, 0.4) is 0 Å². The van der Waals surface area contributed by atoms with E-state index in [1.54, 1.807) is 36.4 Å². The first kappa shape index (κ1) is 16.7. The van der Waals surface area contributed by atoms with E-state index in [4.69, 9.17) is 4.74 Å². The molecule has 0 bridgehead atoms. The van der Waals surface area contributed by atoms with E-state index in [0.717, 1.165) is 21.8 Å². The minimum atomic E-state index is -0.00739. The molecule has 5 nitrogen and oxygen atoms in total. The smallest absolute Gasteiger partial charge is 0.230 e. The number of ether oxygens (including phenoxy) is 1. The number of rotatable bonds is 7. The summed E-state index contributed by atoms with van der Waals surface area (Å²) in [5.74, 6) is 1.67. The number of carbonyl (C=O) groups is 1. The third kappa shape index (κ3) is 4.24. The zero-order valence-electron chi connectivity index (χ0n) is 13.2. The minimum absolute atomic E-state index is 0.00739. The molecule has 0 radical (unpaired) electrons. The van der Waals surface area contributed by atoms with Gasteiger partial charge in [-0.2, -0.15) is 0 Å². The minimum Gasteiger partial charge on any atom is -0.481 e. The van der Waals surface area contributed by atoms with Gasteiger partial charge in [0.1, 0.15) is 5.01 Å². The Kier molecular flexibility index (Phi) is 5.66. The molecule has 2 heterocycles. The van der Waals surface area contributed by atoms with E-state index < -0.39 is 0 Å². The number of methoxy groups -OCH3 is 1. The predicted octanol–water partition coefficient (Wildman–Crippen LogP) is 3.25. The molecule has 0 atom stereocenters. The van der Waals surface area contributed by atoms with Gasteiger partial charge in [0.25, 0.3) is 0 Å². The largest absolute Gasteiger partial charge is 0.481 e. The summed E-state index contributed by atoms with van der Waals surface area (Å²) < 4.78 is 6.35. The molecule has 1 N–H and O–H groups in total. The Morgan fingerprint density at radius 3 is 3.00 bits per heavy atom. The first-order chi connectivity index (χ1) is 11.8. The second-order valence-corrected chi connectivity index (χ2v) is 7.12. The molecule has 24 heavy (non-hydrogen) atoms. The summed E-state index contributed by atoms with van der Waals surface area (Å²) >= 11 is 3.24. The maximum atomic E-state index is 12.0. The number of para-hydroxylation sites is 1. The number of amides is 1. The van der Waals surface area contributed by atoms with Crippen molar-refractivity contribution in [3.63, 3.8) is 0 Å². The maximum absolute atomic E-state index is 12.0. The lowest BCUT2D eigenvalue weighted by molar-refractivity contribution is -0.118. The number of carbonyl (C=O) groups excluding carboxylic acids is 1. The van der Waals surface area contributed by atoms with Crippen molar-refractivity contribution < 1.29 is 9.53 Å². The molecule has 1 amide bonds. The summed E-state index contributed by atoms with van der Waals surface area (Å²) in [5.41, 5.74) is 1.88. The quantitative estimate of drug-likeness (QED) is 0.701. The number of thioether (sulfide) groups is 1. The van der Waals surface area contributed by atoms with Crippen molar-refractivity contribution in [1.82, 2.24) is 15.3 Å². The van der Waals surface area contributed by atoms with Gasteiger partial charge in [0, 0.05) is 24.1 Å². The highest BCUT2D eigenvalue weighted by Crippen LogP contribution is 2.24. The Morgan fingerprint density at radius 2 is 2.17 bits per heavy atom. The maximum Gasteiger partial charge on any atom is 0.230 e. The Morgan fingerprint density at radius 1 is 1.29 bits per heavy atom. The number of aromatic nitrogens is 2. The number of nitrogens with zero attached hydrogens (tertiary/aromatic N) is 2. The van der Waals surface area contributed by atoms with Crippen LogP contribution >= 0.6 is 23.1 Å². The highest BCUT2D eigenvalue weighted by atomic mass is 32.2. The van der Waals surface area contributed by atoms with Crippen molar-refractivity contribution in [2.24, 2.45) is 0 Å². The molecule has 0 aliphatic carbocycles. The van der Waals surface area contributed by atoms with Gasteiger partial charge in [-0.25, -0.2) is 9.97 Å². The molecule has 3 rings (SSSR count). The highest BCUT2D eigenvalue weighted by molar-refractivity contribution is 7.99. The zero-order valence-corrected chi connectivity index (χ0v) is 14.8. The van der Waals surface area contributed by atoms with Gasteiger partial charge in [-0.1, -0.05) is 18.2 Å². The fourth-order valence-corrected chi connectivity index (χ4v) is 4.08. The van der Waals surface area contributed by atoms with E-state index >= 15 is 0 Å². The van der Waals surface area contributed by atoms with Crippen LogP contribution in [0, 0.1) is 0 Å². The van der Waals surface area contributed by atoms with Gasteiger partial charge in [-0.15, -0.1) is 23.1 Å². The van der Waals surface area contributed by atoms with Crippen LogP contribution in [-0.4, -0.2) is 28.7 Å². The summed E-state index contributed by atoms with van der Waals surface area (Å²) in [6, 6.07) is 11.8. The zero-order chi connectivity index (χ0) is 16.8. The van der Waals surface area contributed by atoms with E-state index in [9.17, 15) is 4.79 Å². The van der Waals surface area contributed by atoms with Crippen molar-refractivity contribution in [3.05, 3.63) is 53.2 Å². The standard InChI is InChI=1S/C17H17N3O2S2/c1-22-17-12(5-4-8-18-17)9-19-15(21)10-23-11-16-20-13-6-2-3-7-14(13)24-16/h2-8H,9-11H2,1H3,(H,19,21). The number of nitrogens with one attached hydrogen (secondary N) is 1. The van der Waals surface area contributed by atoms with Gasteiger partial charge < -0.3 is 10.1 Å². The first-order valence-electron chi connectivity index (χ1n) is 7.43. The molecule has 124 valence electrons. The molecule has 0 aliphatic rings. The Hall–Kier alpha value is -2.12. The fraction of sp³-hybridized carbons (Fsp3) is 0.235. The Labute approximate surface area is 148 Å².